The summed E-state index contributed by atoms with van der Waals surface area (Å²) >= 11 is 6.00. The number of aromatic nitrogens is 4. The first-order valence-corrected chi connectivity index (χ1v) is 11.0. The lowest BCUT2D eigenvalue weighted by molar-refractivity contribution is 0.366. The minimum Gasteiger partial charge on any atom is -0.481 e. The van der Waals surface area contributed by atoms with Gasteiger partial charge >= 0.3 is 0 Å². The Bertz CT molecular complexity index is 1530. The molecule has 174 valence electrons. The first-order chi connectivity index (χ1) is 17.1. The smallest absolute Gasteiger partial charge is 0.224 e. The summed E-state index contributed by atoms with van der Waals surface area (Å²) in [5.74, 6) is 1.40. The Hall–Kier alpha value is -4.30. The van der Waals surface area contributed by atoms with Crippen LogP contribution in [0.4, 0.5) is 15.9 Å². The van der Waals surface area contributed by atoms with Gasteiger partial charge in [0, 0.05) is 40.7 Å². The molecule has 9 heteroatoms. The molecule has 3 heterocycles. The zero-order chi connectivity index (χ0) is 24.4. The van der Waals surface area contributed by atoms with Crippen molar-refractivity contribution in [2.24, 2.45) is 0 Å². The Morgan fingerprint density at radius 2 is 1.77 bits per heavy atom. The predicted molar refractivity (Wildman–Crippen MR) is 134 cm³/mol. The van der Waals surface area contributed by atoms with Crippen LogP contribution >= 0.6 is 11.6 Å². The molecule has 2 aromatic carbocycles. The fourth-order valence-corrected chi connectivity index (χ4v) is 3.82. The van der Waals surface area contributed by atoms with Crippen LogP contribution in [-0.4, -0.2) is 34.2 Å². The Balaban J connectivity index is 1.68. The molecule has 3 aromatic heterocycles. The molecule has 0 aliphatic carbocycles. The van der Waals surface area contributed by atoms with Crippen molar-refractivity contribution in [1.29, 1.82) is 0 Å². The Labute approximate surface area is 205 Å². The third-order valence-electron chi connectivity index (χ3n) is 5.35. The molecule has 1 N–H and O–H groups in total. The lowest BCUT2D eigenvalue weighted by atomic mass is 10.0. The van der Waals surface area contributed by atoms with Crippen molar-refractivity contribution in [3.8, 4) is 34.3 Å². The molecular formula is C26H19ClFN5O2. The molecule has 0 radical (unpaired) electrons. The van der Waals surface area contributed by atoms with Crippen LogP contribution in [-0.2, 0) is 0 Å². The maximum absolute atomic E-state index is 13.7. The van der Waals surface area contributed by atoms with Crippen molar-refractivity contribution in [3.63, 3.8) is 0 Å². The second-order valence-corrected chi connectivity index (χ2v) is 7.94. The molecule has 0 fully saturated rings. The highest BCUT2D eigenvalue weighted by Crippen LogP contribution is 2.35. The number of fused-ring (bicyclic) bond motifs is 1. The number of anilines is 2. The molecule has 0 aliphatic heterocycles. The molecule has 0 spiro atoms. The monoisotopic (exact) mass is 487 g/mol. The number of methoxy groups -OCH3 is 2. The molecule has 0 atom stereocenters. The SMILES string of the molecule is COc1ccc(-c2ccc3nc(-c4cccnc4)nc(Nc4ccc(F)c(Cl)c4)c3c2)c(OC)n1. The predicted octanol–water partition coefficient (Wildman–Crippen LogP) is 6.31. The highest BCUT2D eigenvalue weighted by atomic mass is 35.5. The molecule has 0 aliphatic rings. The van der Waals surface area contributed by atoms with Crippen LogP contribution in [0.5, 0.6) is 11.8 Å². The molecule has 0 amide bonds. The number of benzene rings is 2. The van der Waals surface area contributed by atoms with E-state index in [1.54, 1.807) is 38.7 Å². The molecule has 5 rings (SSSR count). The average molecular weight is 488 g/mol. The van der Waals surface area contributed by atoms with Crippen LogP contribution in [0, 0.1) is 5.82 Å². The number of nitrogens with one attached hydrogen (secondary N) is 1. The van der Waals surface area contributed by atoms with Crippen LogP contribution in [0.1, 0.15) is 0 Å². The van der Waals surface area contributed by atoms with Crippen molar-refractivity contribution < 1.29 is 13.9 Å². The zero-order valence-electron chi connectivity index (χ0n) is 18.8. The van der Waals surface area contributed by atoms with Crippen molar-refractivity contribution in [2.45, 2.75) is 0 Å². The number of ether oxygens (including phenoxy) is 2. The molecule has 5 aromatic rings. The molecule has 35 heavy (non-hydrogen) atoms. The van der Waals surface area contributed by atoms with Gasteiger partial charge in [0.15, 0.2) is 5.82 Å². The number of pyridine rings is 2. The highest BCUT2D eigenvalue weighted by molar-refractivity contribution is 6.31. The van der Waals surface area contributed by atoms with Crippen molar-refractivity contribution in [1.82, 2.24) is 19.9 Å². The Morgan fingerprint density at radius 1 is 0.886 bits per heavy atom. The van der Waals surface area contributed by atoms with Gasteiger partial charge in [-0.3, -0.25) is 4.98 Å². The van der Waals surface area contributed by atoms with E-state index in [4.69, 9.17) is 31.0 Å². The number of nitrogens with zero attached hydrogens (tertiary/aromatic N) is 4. The standard InChI is InChI=1S/C26H19ClFN5O2/c1-34-23-10-7-18(26(32-23)35-2)15-5-9-22-19(12-15)25(30-17-6-8-21(28)20(27)13-17)33-24(31-22)16-4-3-11-29-14-16/h3-14H,1-2H3,(H,30,31,33). The lowest BCUT2D eigenvalue weighted by Crippen LogP contribution is -2.00. The van der Waals surface area contributed by atoms with Gasteiger partial charge in [0.1, 0.15) is 11.6 Å². The number of halogens is 2. The average Bonchev–Trinajstić information content (AvgIpc) is 2.90. The third-order valence-corrected chi connectivity index (χ3v) is 5.64. The van der Waals surface area contributed by atoms with E-state index in [9.17, 15) is 4.39 Å². The summed E-state index contributed by atoms with van der Waals surface area (Å²) in [6, 6.07) is 17.5. The number of hydrogen-bond acceptors (Lipinski definition) is 7. The third kappa shape index (κ3) is 4.56. The van der Waals surface area contributed by atoms with Gasteiger partial charge in [-0.25, -0.2) is 14.4 Å². The summed E-state index contributed by atoms with van der Waals surface area (Å²) in [6.45, 7) is 0. The summed E-state index contributed by atoms with van der Waals surface area (Å²) < 4.78 is 24.4. The van der Waals surface area contributed by atoms with Gasteiger partial charge in [0.05, 0.1) is 24.8 Å². The number of hydrogen-bond donors (Lipinski definition) is 1. The quantitative estimate of drug-likeness (QED) is 0.300. The summed E-state index contributed by atoms with van der Waals surface area (Å²) in [7, 11) is 3.11. The molecule has 7 nitrogen and oxygen atoms in total. The molecule has 0 saturated carbocycles. The van der Waals surface area contributed by atoms with E-state index in [0.29, 0.717) is 34.6 Å². The molecule has 0 unspecified atom stereocenters. The van der Waals surface area contributed by atoms with Crippen LogP contribution in [0.2, 0.25) is 5.02 Å². The second kappa shape index (κ2) is 9.52. The highest BCUT2D eigenvalue weighted by Gasteiger charge is 2.15. The van der Waals surface area contributed by atoms with Crippen LogP contribution in [0.3, 0.4) is 0 Å². The van der Waals surface area contributed by atoms with E-state index < -0.39 is 5.82 Å². The van der Waals surface area contributed by atoms with E-state index in [0.717, 1.165) is 22.1 Å². The fraction of sp³-hybridized carbons (Fsp3) is 0.0769. The summed E-state index contributed by atoms with van der Waals surface area (Å²) in [6.07, 6.45) is 3.38. The Kier molecular flexibility index (Phi) is 6.12. The molecule has 0 bridgehead atoms. The van der Waals surface area contributed by atoms with Gasteiger partial charge in [-0.2, -0.15) is 4.98 Å². The van der Waals surface area contributed by atoms with Crippen molar-refractivity contribution in [2.75, 3.05) is 19.5 Å². The van der Waals surface area contributed by atoms with E-state index in [2.05, 4.69) is 15.3 Å². The van der Waals surface area contributed by atoms with Gasteiger partial charge in [-0.05, 0) is 54.1 Å². The fourth-order valence-electron chi connectivity index (χ4n) is 3.64. The van der Waals surface area contributed by atoms with E-state index in [1.165, 1.54) is 12.1 Å². The minimum atomic E-state index is -0.498. The van der Waals surface area contributed by atoms with E-state index in [-0.39, 0.29) is 5.02 Å². The zero-order valence-corrected chi connectivity index (χ0v) is 19.5. The minimum absolute atomic E-state index is 0.00979. The summed E-state index contributed by atoms with van der Waals surface area (Å²) in [5, 5.41) is 4.01. The van der Waals surface area contributed by atoms with Gasteiger partial charge < -0.3 is 14.8 Å². The van der Waals surface area contributed by atoms with E-state index >= 15 is 0 Å². The lowest BCUT2D eigenvalue weighted by Gasteiger charge is -2.14. The topological polar surface area (TPSA) is 82.1 Å². The summed E-state index contributed by atoms with van der Waals surface area (Å²) in [5.41, 5.74) is 3.69. The first kappa shape index (κ1) is 22.5. The van der Waals surface area contributed by atoms with Gasteiger partial charge in [-0.15, -0.1) is 0 Å². The van der Waals surface area contributed by atoms with Crippen LogP contribution in [0.15, 0.2) is 73.1 Å². The van der Waals surface area contributed by atoms with Crippen LogP contribution < -0.4 is 14.8 Å². The number of rotatable bonds is 6. The van der Waals surface area contributed by atoms with E-state index in [1.807, 2.05) is 36.4 Å². The van der Waals surface area contributed by atoms with Gasteiger partial charge in [0.2, 0.25) is 11.8 Å². The molecule has 0 saturated heterocycles. The Morgan fingerprint density at radius 3 is 2.51 bits per heavy atom. The maximum atomic E-state index is 13.7. The van der Waals surface area contributed by atoms with Crippen molar-refractivity contribution in [3.05, 3.63) is 83.9 Å². The van der Waals surface area contributed by atoms with Gasteiger partial charge in [0.25, 0.3) is 0 Å². The molecular weight excluding hydrogens is 469 g/mol. The maximum Gasteiger partial charge on any atom is 0.224 e. The van der Waals surface area contributed by atoms with Gasteiger partial charge in [-0.1, -0.05) is 17.7 Å². The van der Waals surface area contributed by atoms with Crippen LogP contribution in [0.25, 0.3) is 33.4 Å². The summed E-state index contributed by atoms with van der Waals surface area (Å²) in [4.78, 5) is 18.0. The second-order valence-electron chi connectivity index (χ2n) is 7.53. The van der Waals surface area contributed by atoms with Crippen molar-refractivity contribution >= 4 is 34.0 Å². The normalized spacial score (nSPS) is 10.9. The first-order valence-electron chi connectivity index (χ1n) is 10.6. The largest absolute Gasteiger partial charge is 0.481 e.